The Morgan fingerprint density at radius 3 is 2.54 bits per heavy atom. The highest BCUT2D eigenvalue weighted by atomic mass is 16.5. The lowest BCUT2D eigenvalue weighted by Crippen LogP contribution is -2.21. The second-order valence-corrected chi connectivity index (χ2v) is 5.46. The first kappa shape index (κ1) is 19.3. The molecule has 0 saturated heterocycles. The topological polar surface area (TPSA) is 116 Å². The second kappa shape index (κ2) is 8.89. The average Bonchev–Trinajstić information content (AvgIpc) is 2.64. The molecule has 0 bridgehead atoms. The molecule has 0 aromatic heterocycles. The molecule has 2 aromatic carbocycles. The average molecular weight is 360 g/mol. The van der Waals surface area contributed by atoms with Crippen molar-refractivity contribution in [3.63, 3.8) is 0 Å². The molecule has 26 heavy (non-hydrogen) atoms. The van der Waals surface area contributed by atoms with E-state index in [0.29, 0.717) is 11.3 Å². The summed E-state index contributed by atoms with van der Waals surface area (Å²) >= 11 is 0. The Kier molecular flexibility index (Phi) is 6.60. The minimum absolute atomic E-state index is 0.0449. The van der Waals surface area contributed by atoms with E-state index in [-0.39, 0.29) is 29.4 Å². The number of hydrogen-bond donors (Lipinski definition) is 4. The van der Waals surface area contributed by atoms with Crippen LogP contribution in [0.2, 0.25) is 0 Å². The number of benzene rings is 2. The Labute approximate surface area is 150 Å². The molecule has 0 aliphatic heterocycles. The summed E-state index contributed by atoms with van der Waals surface area (Å²) in [7, 11) is 1.44. The molecule has 0 spiro atoms. The highest BCUT2D eigenvalue weighted by Gasteiger charge is 2.11. The molecule has 1 atom stereocenters. The molecule has 0 fully saturated rings. The van der Waals surface area contributed by atoms with E-state index in [1.54, 1.807) is 12.1 Å². The normalized spacial score (nSPS) is 12.1. The first-order valence-corrected chi connectivity index (χ1v) is 7.78. The van der Waals surface area contributed by atoms with Gasteiger partial charge in [0.2, 0.25) is 0 Å². The van der Waals surface area contributed by atoms with Crippen molar-refractivity contribution in [3.8, 4) is 23.0 Å². The van der Waals surface area contributed by atoms with Crippen LogP contribution in [0.4, 0.5) is 0 Å². The lowest BCUT2D eigenvalue weighted by atomic mass is 10.1. The summed E-state index contributed by atoms with van der Waals surface area (Å²) in [4.78, 5) is 12.2. The van der Waals surface area contributed by atoms with Gasteiger partial charge in [-0.2, -0.15) is 0 Å². The number of ether oxygens (including phenoxy) is 2. The summed E-state index contributed by atoms with van der Waals surface area (Å²) in [6.45, 7) is -0.571. The number of ketones is 1. The van der Waals surface area contributed by atoms with Gasteiger partial charge < -0.3 is 29.9 Å². The van der Waals surface area contributed by atoms with E-state index in [2.05, 4.69) is 0 Å². The molecule has 2 aromatic rings. The van der Waals surface area contributed by atoms with Gasteiger partial charge in [0, 0.05) is 6.07 Å². The minimum Gasteiger partial charge on any atom is -0.507 e. The van der Waals surface area contributed by atoms with Crippen molar-refractivity contribution >= 4 is 11.9 Å². The van der Waals surface area contributed by atoms with E-state index in [4.69, 9.17) is 14.6 Å². The number of carbonyl (C=O) groups is 1. The van der Waals surface area contributed by atoms with Crippen molar-refractivity contribution in [3.05, 3.63) is 53.6 Å². The number of rotatable bonds is 8. The van der Waals surface area contributed by atoms with Gasteiger partial charge in [-0.1, -0.05) is 12.1 Å². The predicted octanol–water partition coefficient (Wildman–Crippen LogP) is 1.73. The van der Waals surface area contributed by atoms with Crippen molar-refractivity contribution in [1.82, 2.24) is 0 Å². The molecule has 0 heterocycles. The number of hydrogen-bond acceptors (Lipinski definition) is 7. The van der Waals surface area contributed by atoms with E-state index in [1.165, 1.54) is 43.5 Å². The van der Waals surface area contributed by atoms with Crippen LogP contribution in [-0.2, 0) is 0 Å². The van der Waals surface area contributed by atoms with Crippen LogP contribution < -0.4 is 9.47 Å². The fourth-order valence-electron chi connectivity index (χ4n) is 2.13. The summed E-state index contributed by atoms with van der Waals surface area (Å²) in [5, 5.41) is 37.7. The molecule has 0 aliphatic rings. The molecule has 0 aliphatic carbocycles. The van der Waals surface area contributed by atoms with Crippen LogP contribution in [-0.4, -0.2) is 52.6 Å². The van der Waals surface area contributed by atoms with Gasteiger partial charge in [0.15, 0.2) is 17.3 Å². The summed E-state index contributed by atoms with van der Waals surface area (Å²) in [6, 6.07) is 8.82. The van der Waals surface area contributed by atoms with Crippen LogP contribution in [0.5, 0.6) is 23.0 Å². The zero-order valence-electron chi connectivity index (χ0n) is 14.1. The molecular formula is C19H20O7. The third-order valence-electron chi connectivity index (χ3n) is 3.52. The van der Waals surface area contributed by atoms with Gasteiger partial charge in [0.1, 0.15) is 24.2 Å². The van der Waals surface area contributed by atoms with Crippen LogP contribution >= 0.6 is 0 Å². The van der Waals surface area contributed by atoms with Crippen molar-refractivity contribution in [2.24, 2.45) is 0 Å². The van der Waals surface area contributed by atoms with Gasteiger partial charge in [-0.3, -0.25) is 4.79 Å². The lowest BCUT2D eigenvalue weighted by Gasteiger charge is -2.10. The maximum atomic E-state index is 12.2. The van der Waals surface area contributed by atoms with Gasteiger partial charge >= 0.3 is 0 Å². The Morgan fingerprint density at radius 1 is 1.15 bits per heavy atom. The third-order valence-corrected chi connectivity index (χ3v) is 3.52. The van der Waals surface area contributed by atoms with Crippen LogP contribution in [0.15, 0.2) is 42.5 Å². The third kappa shape index (κ3) is 4.98. The van der Waals surface area contributed by atoms with Crippen LogP contribution in [0.1, 0.15) is 15.9 Å². The smallest absolute Gasteiger partial charge is 0.189 e. The summed E-state index contributed by atoms with van der Waals surface area (Å²) in [5.74, 6) is -0.159. The number of aromatic hydroxyl groups is 2. The summed E-state index contributed by atoms with van der Waals surface area (Å²) in [5.41, 5.74) is 0.670. The molecule has 0 radical (unpaired) electrons. The molecule has 1 unspecified atom stereocenters. The summed E-state index contributed by atoms with van der Waals surface area (Å²) < 4.78 is 10.1. The first-order valence-electron chi connectivity index (χ1n) is 7.78. The van der Waals surface area contributed by atoms with Gasteiger partial charge in [-0.25, -0.2) is 0 Å². The number of methoxy groups -OCH3 is 1. The van der Waals surface area contributed by atoms with E-state index in [9.17, 15) is 20.1 Å². The van der Waals surface area contributed by atoms with E-state index in [1.807, 2.05) is 0 Å². The molecule has 7 heteroatoms. The van der Waals surface area contributed by atoms with Crippen molar-refractivity contribution in [2.45, 2.75) is 6.10 Å². The molecule has 2 rings (SSSR count). The Hall–Kier alpha value is -3.03. The predicted molar refractivity (Wildman–Crippen MR) is 94.7 cm³/mol. The van der Waals surface area contributed by atoms with E-state index >= 15 is 0 Å². The lowest BCUT2D eigenvalue weighted by molar-refractivity contribution is 0.0535. The van der Waals surface area contributed by atoms with Crippen molar-refractivity contribution < 1.29 is 34.7 Å². The van der Waals surface area contributed by atoms with Crippen LogP contribution in [0.3, 0.4) is 0 Å². The fraction of sp³-hybridized carbons (Fsp3) is 0.211. The number of aliphatic hydroxyl groups excluding tert-OH is 2. The van der Waals surface area contributed by atoms with E-state index in [0.717, 1.165) is 0 Å². The highest BCUT2D eigenvalue weighted by molar-refractivity contribution is 6.08. The zero-order chi connectivity index (χ0) is 19.1. The molecule has 0 amide bonds. The quantitative estimate of drug-likeness (QED) is 0.418. The highest BCUT2D eigenvalue weighted by Crippen LogP contribution is 2.27. The molecule has 4 N–H and O–H groups in total. The number of phenolic OH excluding ortho intramolecular Hbond substituents is 2. The minimum atomic E-state index is -1.03. The molecular weight excluding hydrogens is 340 g/mol. The standard InChI is InChI=1S/C19H20O7/c1-25-19-7-3-12(8-18(19)24)2-6-16(22)15-5-4-14(9-17(15)23)26-11-13(21)10-20/h2-9,13,20-21,23-24H,10-11H2,1H3/b6-2+. The Balaban J connectivity index is 2.08. The van der Waals surface area contributed by atoms with Crippen molar-refractivity contribution in [1.29, 1.82) is 0 Å². The van der Waals surface area contributed by atoms with Gasteiger partial charge in [-0.15, -0.1) is 0 Å². The van der Waals surface area contributed by atoms with E-state index < -0.39 is 18.5 Å². The van der Waals surface area contributed by atoms with Gasteiger partial charge in [0.25, 0.3) is 0 Å². The Morgan fingerprint density at radius 2 is 1.92 bits per heavy atom. The van der Waals surface area contributed by atoms with Crippen LogP contribution in [0.25, 0.3) is 6.08 Å². The molecule has 7 nitrogen and oxygen atoms in total. The Bertz CT molecular complexity index is 798. The molecule has 138 valence electrons. The number of allylic oxidation sites excluding steroid dienone is 1. The number of aliphatic hydroxyl groups is 2. The fourth-order valence-corrected chi connectivity index (χ4v) is 2.13. The van der Waals surface area contributed by atoms with Crippen molar-refractivity contribution in [2.75, 3.05) is 20.3 Å². The second-order valence-electron chi connectivity index (χ2n) is 5.46. The zero-order valence-corrected chi connectivity index (χ0v) is 14.1. The largest absolute Gasteiger partial charge is 0.507 e. The van der Waals surface area contributed by atoms with Gasteiger partial charge in [-0.05, 0) is 35.9 Å². The molecule has 0 saturated carbocycles. The number of phenols is 2. The first-order chi connectivity index (χ1) is 12.4. The van der Waals surface area contributed by atoms with Crippen LogP contribution in [0, 0.1) is 0 Å². The SMILES string of the molecule is COc1ccc(/C=C/C(=O)c2ccc(OCC(O)CO)cc2O)cc1O. The summed E-state index contributed by atoms with van der Waals surface area (Å²) in [6.07, 6.45) is 1.75. The maximum Gasteiger partial charge on any atom is 0.189 e. The van der Waals surface area contributed by atoms with Gasteiger partial charge in [0.05, 0.1) is 19.3 Å². The number of carbonyl (C=O) groups excluding carboxylic acids is 1. The monoisotopic (exact) mass is 360 g/mol. The maximum absolute atomic E-state index is 12.2.